The summed E-state index contributed by atoms with van der Waals surface area (Å²) in [4.78, 5) is 0.0620. The maximum Gasteiger partial charge on any atom is 0.240 e. The standard InChI is InChI=1S/C12H16ClN3O2S.ClH/c1-2-5-15-6-7-16-19(17,18)11-4-3-10(9-14)12(13)8-11;/h3-4,8,15-16H,2,5-7H2,1H3;1H. The molecule has 20 heavy (non-hydrogen) atoms. The van der Waals surface area contributed by atoms with Crippen LogP contribution in [0, 0.1) is 11.3 Å². The lowest BCUT2D eigenvalue weighted by Gasteiger charge is -2.08. The Labute approximate surface area is 130 Å². The van der Waals surface area contributed by atoms with Gasteiger partial charge >= 0.3 is 0 Å². The van der Waals surface area contributed by atoms with Gasteiger partial charge in [0.15, 0.2) is 0 Å². The van der Waals surface area contributed by atoms with Gasteiger partial charge in [0.2, 0.25) is 10.0 Å². The Kier molecular flexibility index (Phi) is 8.78. The fourth-order valence-electron chi connectivity index (χ4n) is 1.41. The summed E-state index contributed by atoms with van der Waals surface area (Å²) in [5.74, 6) is 0. The first-order valence-electron chi connectivity index (χ1n) is 5.91. The Morgan fingerprint density at radius 3 is 2.55 bits per heavy atom. The lowest BCUT2D eigenvalue weighted by molar-refractivity contribution is 0.575. The molecule has 0 heterocycles. The van der Waals surface area contributed by atoms with Crippen molar-refractivity contribution < 1.29 is 8.42 Å². The van der Waals surface area contributed by atoms with E-state index in [2.05, 4.69) is 10.0 Å². The zero-order valence-electron chi connectivity index (χ0n) is 11.0. The maximum absolute atomic E-state index is 11.9. The van der Waals surface area contributed by atoms with E-state index in [1.165, 1.54) is 18.2 Å². The molecule has 1 aromatic carbocycles. The molecule has 0 aromatic heterocycles. The van der Waals surface area contributed by atoms with Crippen LogP contribution in [0.2, 0.25) is 5.02 Å². The van der Waals surface area contributed by atoms with E-state index in [1.54, 1.807) is 0 Å². The maximum atomic E-state index is 11.9. The van der Waals surface area contributed by atoms with Crippen LogP contribution in [0.3, 0.4) is 0 Å². The lowest BCUT2D eigenvalue weighted by atomic mass is 10.2. The Hall–Kier alpha value is -0.840. The second-order valence-electron chi connectivity index (χ2n) is 3.90. The van der Waals surface area contributed by atoms with Crippen molar-refractivity contribution in [3.05, 3.63) is 28.8 Å². The second-order valence-corrected chi connectivity index (χ2v) is 6.08. The van der Waals surface area contributed by atoms with E-state index in [4.69, 9.17) is 16.9 Å². The average molecular weight is 338 g/mol. The number of hydrogen-bond acceptors (Lipinski definition) is 4. The van der Waals surface area contributed by atoms with Crippen LogP contribution in [-0.4, -0.2) is 28.1 Å². The van der Waals surface area contributed by atoms with Crippen LogP contribution >= 0.6 is 24.0 Å². The van der Waals surface area contributed by atoms with Gasteiger partial charge in [0, 0.05) is 13.1 Å². The summed E-state index contributed by atoms with van der Waals surface area (Å²) in [5, 5.41) is 12.0. The van der Waals surface area contributed by atoms with Gasteiger partial charge in [0.25, 0.3) is 0 Å². The fourth-order valence-corrected chi connectivity index (χ4v) is 2.76. The van der Waals surface area contributed by atoms with Gasteiger partial charge in [-0.15, -0.1) is 12.4 Å². The van der Waals surface area contributed by atoms with Gasteiger partial charge in [0.05, 0.1) is 15.5 Å². The highest BCUT2D eigenvalue weighted by atomic mass is 35.5. The Bertz CT molecular complexity index is 571. The quantitative estimate of drug-likeness (QED) is 0.744. The largest absolute Gasteiger partial charge is 0.315 e. The summed E-state index contributed by atoms with van der Waals surface area (Å²) in [5.41, 5.74) is 0.255. The number of sulfonamides is 1. The molecule has 0 saturated carbocycles. The van der Waals surface area contributed by atoms with Crippen LogP contribution < -0.4 is 10.0 Å². The number of nitriles is 1. The van der Waals surface area contributed by atoms with E-state index in [0.717, 1.165) is 13.0 Å². The number of nitrogens with one attached hydrogen (secondary N) is 2. The molecule has 8 heteroatoms. The molecule has 2 N–H and O–H groups in total. The van der Waals surface area contributed by atoms with Crippen molar-refractivity contribution in [1.82, 2.24) is 10.0 Å². The van der Waals surface area contributed by atoms with Crippen LogP contribution in [0.15, 0.2) is 23.1 Å². The van der Waals surface area contributed by atoms with Gasteiger partial charge in [-0.05, 0) is 31.2 Å². The Morgan fingerprint density at radius 1 is 1.30 bits per heavy atom. The van der Waals surface area contributed by atoms with Crippen LogP contribution in [0.4, 0.5) is 0 Å². The molecule has 0 spiro atoms. The third-order valence-corrected chi connectivity index (χ3v) is 4.16. The van der Waals surface area contributed by atoms with E-state index < -0.39 is 10.0 Å². The first-order valence-corrected chi connectivity index (χ1v) is 7.77. The van der Waals surface area contributed by atoms with Crippen LogP contribution in [-0.2, 0) is 10.0 Å². The first-order chi connectivity index (χ1) is 9.01. The SMILES string of the molecule is CCCNCCNS(=O)(=O)c1ccc(C#N)c(Cl)c1.Cl. The number of nitrogens with zero attached hydrogens (tertiary/aromatic N) is 1. The minimum Gasteiger partial charge on any atom is -0.315 e. The molecule has 0 bridgehead atoms. The van der Waals surface area contributed by atoms with Gasteiger partial charge in [-0.1, -0.05) is 18.5 Å². The van der Waals surface area contributed by atoms with Crippen molar-refractivity contribution in [2.75, 3.05) is 19.6 Å². The molecule has 0 unspecified atom stereocenters. The molecular formula is C12H17Cl2N3O2S. The molecule has 1 rings (SSSR count). The summed E-state index contributed by atoms with van der Waals surface area (Å²) in [7, 11) is -3.58. The van der Waals surface area contributed by atoms with Gasteiger partial charge < -0.3 is 5.32 Å². The Balaban J connectivity index is 0.00000361. The molecule has 0 aliphatic carbocycles. The van der Waals surface area contributed by atoms with Crippen molar-refractivity contribution in [1.29, 1.82) is 5.26 Å². The monoisotopic (exact) mass is 337 g/mol. The summed E-state index contributed by atoms with van der Waals surface area (Å²) < 4.78 is 26.3. The average Bonchev–Trinajstić information content (AvgIpc) is 2.38. The van der Waals surface area contributed by atoms with E-state index >= 15 is 0 Å². The highest BCUT2D eigenvalue weighted by Crippen LogP contribution is 2.19. The minimum atomic E-state index is -3.58. The van der Waals surface area contributed by atoms with Crippen LogP contribution in [0.25, 0.3) is 0 Å². The Morgan fingerprint density at radius 2 is 2.00 bits per heavy atom. The fraction of sp³-hybridized carbons (Fsp3) is 0.417. The number of benzene rings is 1. The van der Waals surface area contributed by atoms with E-state index in [0.29, 0.717) is 13.1 Å². The molecule has 0 aliphatic rings. The predicted octanol–water partition coefficient (Wildman–Crippen LogP) is 1.91. The van der Waals surface area contributed by atoms with Gasteiger partial charge in [-0.2, -0.15) is 5.26 Å². The van der Waals surface area contributed by atoms with Crippen LogP contribution in [0.1, 0.15) is 18.9 Å². The van der Waals surface area contributed by atoms with Crippen LogP contribution in [0.5, 0.6) is 0 Å². The summed E-state index contributed by atoms with van der Waals surface area (Å²) in [6.07, 6.45) is 0.998. The molecule has 5 nitrogen and oxygen atoms in total. The third-order valence-electron chi connectivity index (χ3n) is 2.39. The zero-order chi connectivity index (χ0) is 14.3. The van der Waals surface area contributed by atoms with Crippen molar-refractivity contribution in [2.45, 2.75) is 18.2 Å². The topological polar surface area (TPSA) is 82.0 Å². The smallest absolute Gasteiger partial charge is 0.240 e. The second kappa shape index (κ2) is 9.16. The van der Waals surface area contributed by atoms with Crippen molar-refractivity contribution in [3.8, 4) is 6.07 Å². The number of rotatable bonds is 7. The van der Waals surface area contributed by atoms with Crippen molar-refractivity contribution in [3.63, 3.8) is 0 Å². The molecule has 1 aromatic rings. The first kappa shape index (κ1) is 19.2. The highest BCUT2D eigenvalue weighted by molar-refractivity contribution is 7.89. The van der Waals surface area contributed by atoms with E-state index in [9.17, 15) is 8.42 Å². The summed E-state index contributed by atoms with van der Waals surface area (Å²) in [6.45, 7) is 3.76. The predicted molar refractivity (Wildman–Crippen MR) is 81.8 cm³/mol. The van der Waals surface area contributed by atoms with Gasteiger partial charge in [-0.3, -0.25) is 0 Å². The third kappa shape index (κ3) is 5.65. The zero-order valence-corrected chi connectivity index (χ0v) is 13.4. The molecule has 0 amide bonds. The van der Waals surface area contributed by atoms with E-state index in [1.807, 2.05) is 13.0 Å². The highest BCUT2D eigenvalue weighted by Gasteiger charge is 2.14. The molecule has 0 fully saturated rings. The molecule has 0 saturated heterocycles. The minimum absolute atomic E-state index is 0. The summed E-state index contributed by atoms with van der Waals surface area (Å²) in [6, 6.07) is 5.93. The normalized spacial score (nSPS) is 10.7. The van der Waals surface area contributed by atoms with Gasteiger partial charge in [-0.25, -0.2) is 13.1 Å². The summed E-state index contributed by atoms with van der Waals surface area (Å²) >= 11 is 5.81. The van der Waals surface area contributed by atoms with Crippen molar-refractivity contribution >= 4 is 34.0 Å². The lowest BCUT2D eigenvalue weighted by Crippen LogP contribution is -2.32. The van der Waals surface area contributed by atoms with Gasteiger partial charge in [0.1, 0.15) is 6.07 Å². The molecular weight excluding hydrogens is 321 g/mol. The van der Waals surface area contributed by atoms with E-state index in [-0.39, 0.29) is 27.9 Å². The molecule has 0 atom stereocenters. The molecule has 112 valence electrons. The number of hydrogen-bond donors (Lipinski definition) is 2. The van der Waals surface area contributed by atoms with Crippen molar-refractivity contribution in [2.24, 2.45) is 0 Å². The molecule has 0 radical (unpaired) electrons. The molecule has 0 aliphatic heterocycles. The number of halogens is 2.